The average Bonchev–Trinajstić information content (AvgIpc) is 3.51. The first kappa shape index (κ1) is 33.8. The molecule has 1 aliphatic heterocycles. The van der Waals surface area contributed by atoms with Gasteiger partial charge in [-0.25, -0.2) is 9.59 Å². The van der Waals surface area contributed by atoms with E-state index in [1.807, 2.05) is 26.0 Å². The predicted octanol–water partition coefficient (Wildman–Crippen LogP) is 4.71. The van der Waals surface area contributed by atoms with Gasteiger partial charge in [-0.2, -0.15) is 9.78 Å². The maximum atomic E-state index is 9.55. The molecular formula is C34H39N7O5. The average molecular weight is 626 g/mol. The van der Waals surface area contributed by atoms with Crippen LogP contribution >= 0.6 is 0 Å². The zero-order chi connectivity index (χ0) is 32.9. The molecule has 4 aromatic rings. The van der Waals surface area contributed by atoms with Crippen LogP contribution in [0.5, 0.6) is 0 Å². The van der Waals surface area contributed by atoms with Crippen LogP contribution in [0.25, 0.3) is 5.65 Å². The van der Waals surface area contributed by atoms with Crippen LogP contribution in [-0.4, -0.2) is 79.1 Å². The molecule has 0 spiro atoms. The van der Waals surface area contributed by atoms with Crippen molar-refractivity contribution in [2.45, 2.75) is 50.7 Å². The molecule has 0 saturated carbocycles. The second kappa shape index (κ2) is 16.3. The Morgan fingerprint density at radius 1 is 0.978 bits per heavy atom. The van der Waals surface area contributed by atoms with Crippen LogP contribution in [0.2, 0.25) is 0 Å². The summed E-state index contributed by atoms with van der Waals surface area (Å²) in [5.41, 5.74) is 2.28. The lowest BCUT2D eigenvalue weighted by Gasteiger charge is -2.34. The summed E-state index contributed by atoms with van der Waals surface area (Å²) in [5, 5.41) is 41.4. The molecule has 3 N–H and O–H groups in total. The third-order valence-electron chi connectivity index (χ3n) is 7.49. The van der Waals surface area contributed by atoms with Crippen LogP contribution in [0.1, 0.15) is 56.2 Å². The van der Waals surface area contributed by atoms with Crippen LogP contribution in [0.4, 0.5) is 5.82 Å². The van der Waals surface area contributed by atoms with Crippen molar-refractivity contribution in [2.24, 2.45) is 0 Å². The minimum atomic E-state index is -1.26. The SMILES string of the molecule is CC(C)(C#N)c1nnc2ccc(NCCCN3CCC(OC(c4ccccc4)c4ccccc4)CC3)nn12.O=C(O)C=CC(=O)O. The summed E-state index contributed by atoms with van der Waals surface area (Å²) in [4.78, 5) is 21.6. The molecule has 0 amide bonds. The Bertz CT molecular complexity index is 1590. The second-order valence-electron chi connectivity index (χ2n) is 11.4. The number of carboxylic acids is 2. The lowest BCUT2D eigenvalue weighted by Crippen LogP contribution is -2.38. The minimum absolute atomic E-state index is 0.0343. The monoisotopic (exact) mass is 625 g/mol. The van der Waals surface area contributed by atoms with E-state index in [1.54, 1.807) is 4.52 Å². The first-order chi connectivity index (χ1) is 22.2. The molecule has 0 atom stereocenters. The molecule has 240 valence electrons. The number of piperidine rings is 1. The van der Waals surface area contributed by atoms with Crippen molar-refractivity contribution in [2.75, 3.05) is 31.5 Å². The largest absolute Gasteiger partial charge is 0.478 e. The number of anilines is 1. The molecule has 1 fully saturated rings. The second-order valence-corrected chi connectivity index (χ2v) is 11.4. The number of likely N-dealkylation sites (tertiary alicyclic amines) is 1. The number of benzene rings is 2. The molecule has 3 heterocycles. The van der Waals surface area contributed by atoms with Crippen LogP contribution in [0.15, 0.2) is 84.9 Å². The van der Waals surface area contributed by atoms with E-state index in [0.29, 0.717) is 23.6 Å². The lowest BCUT2D eigenvalue weighted by molar-refractivity contribution is -0.134. The number of rotatable bonds is 12. The highest BCUT2D eigenvalue weighted by Crippen LogP contribution is 2.30. The van der Waals surface area contributed by atoms with E-state index in [9.17, 15) is 14.9 Å². The topological polar surface area (TPSA) is 166 Å². The summed E-state index contributed by atoms with van der Waals surface area (Å²) < 4.78 is 8.35. The van der Waals surface area contributed by atoms with Crippen LogP contribution < -0.4 is 5.32 Å². The fourth-order valence-corrected chi connectivity index (χ4v) is 5.05. The highest BCUT2D eigenvalue weighted by Gasteiger charge is 2.27. The van der Waals surface area contributed by atoms with Gasteiger partial charge in [0.25, 0.3) is 0 Å². The van der Waals surface area contributed by atoms with Gasteiger partial charge in [0.1, 0.15) is 17.3 Å². The van der Waals surface area contributed by atoms with E-state index < -0.39 is 17.4 Å². The number of aromatic nitrogens is 4. The Labute approximate surface area is 268 Å². The van der Waals surface area contributed by atoms with Crippen LogP contribution in [-0.2, 0) is 19.7 Å². The minimum Gasteiger partial charge on any atom is -0.478 e. The molecule has 12 nitrogen and oxygen atoms in total. The first-order valence-electron chi connectivity index (χ1n) is 15.2. The van der Waals surface area contributed by atoms with Crippen molar-refractivity contribution < 1.29 is 24.5 Å². The molecule has 0 aliphatic carbocycles. The molecule has 2 aromatic heterocycles. The van der Waals surface area contributed by atoms with Gasteiger partial charge in [0.15, 0.2) is 11.5 Å². The van der Waals surface area contributed by atoms with Gasteiger partial charge in [-0.05, 0) is 62.9 Å². The number of nitrogens with zero attached hydrogens (tertiary/aromatic N) is 6. The quantitative estimate of drug-likeness (QED) is 0.147. The van der Waals surface area contributed by atoms with Crippen LogP contribution in [0.3, 0.4) is 0 Å². The van der Waals surface area contributed by atoms with Gasteiger partial charge in [-0.1, -0.05) is 60.7 Å². The van der Waals surface area contributed by atoms with E-state index in [4.69, 9.17) is 14.9 Å². The standard InChI is InChI=1S/C30H35N7O.C4H4O4/c1-30(2,22-31)29-34-33-27-15-14-26(35-37(27)29)32-18-9-19-36-20-16-25(17-21-36)38-28(23-10-5-3-6-11-23)24-12-7-4-8-13-24;5-3(6)1-2-4(7)8/h3-8,10-15,25,28H,9,16-21H2,1-2H3,(H,32,35);1-2H,(H,5,6)(H,7,8). The van der Waals surface area contributed by atoms with Gasteiger partial charge in [-0.3, -0.25) is 0 Å². The number of nitriles is 1. The third kappa shape index (κ3) is 9.69. The maximum absolute atomic E-state index is 9.55. The summed E-state index contributed by atoms with van der Waals surface area (Å²) in [6, 6.07) is 27.1. The maximum Gasteiger partial charge on any atom is 0.328 e. The third-order valence-corrected chi connectivity index (χ3v) is 7.49. The van der Waals surface area contributed by atoms with Crippen molar-refractivity contribution in [3.63, 3.8) is 0 Å². The molecule has 12 heteroatoms. The smallest absolute Gasteiger partial charge is 0.328 e. The molecule has 0 radical (unpaired) electrons. The van der Waals surface area contributed by atoms with E-state index in [-0.39, 0.29) is 12.2 Å². The summed E-state index contributed by atoms with van der Waals surface area (Å²) in [6.07, 6.45) is 4.42. The van der Waals surface area contributed by atoms with Crippen LogP contribution in [0, 0.1) is 11.3 Å². The Hall–Kier alpha value is -5.12. The van der Waals surface area contributed by atoms with Crippen molar-refractivity contribution >= 4 is 23.4 Å². The molecule has 0 bridgehead atoms. The molecule has 0 unspecified atom stereocenters. The fraction of sp³-hybridized carbons (Fsp3) is 0.353. The number of carboxylic acid groups (broad SMARTS) is 2. The number of aliphatic carboxylic acids is 2. The molecule has 2 aromatic carbocycles. The fourth-order valence-electron chi connectivity index (χ4n) is 5.05. The number of hydrogen-bond acceptors (Lipinski definition) is 9. The Morgan fingerprint density at radius 3 is 2.11 bits per heavy atom. The zero-order valence-corrected chi connectivity index (χ0v) is 26.0. The number of fused-ring (bicyclic) bond motifs is 1. The molecule has 5 rings (SSSR count). The normalized spacial score (nSPS) is 14.1. The lowest BCUT2D eigenvalue weighted by atomic mass is 9.95. The molecular weight excluding hydrogens is 586 g/mol. The highest BCUT2D eigenvalue weighted by atomic mass is 16.5. The van der Waals surface area contributed by atoms with E-state index in [0.717, 1.165) is 51.3 Å². The number of ether oxygens (including phenoxy) is 1. The van der Waals surface area contributed by atoms with Gasteiger partial charge >= 0.3 is 11.9 Å². The summed E-state index contributed by atoms with van der Waals surface area (Å²) in [7, 11) is 0. The van der Waals surface area contributed by atoms with Crippen molar-refractivity contribution in [1.29, 1.82) is 5.26 Å². The van der Waals surface area contributed by atoms with Crippen molar-refractivity contribution in [3.8, 4) is 6.07 Å². The van der Waals surface area contributed by atoms with E-state index in [1.165, 1.54) is 11.1 Å². The molecule has 1 saturated heterocycles. The van der Waals surface area contributed by atoms with Gasteiger partial charge < -0.3 is 25.2 Å². The van der Waals surface area contributed by atoms with Gasteiger partial charge in [-0.15, -0.1) is 15.3 Å². The Balaban J connectivity index is 0.000000533. The van der Waals surface area contributed by atoms with E-state index >= 15 is 0 Å². The van der Waals surface area contributed by atoms with E-state index in [2.05, 4.69) is 92.2 Å². The summed E-state index contributed by atoms with van der Waals surface area (Å²) >= 11 is 0. The Morgan fingerprint density at radius 2 is 1.57 bits per heavy atom. The zero-order valence-electron chi connectivity index (χ0n) is 26.0. The van der Waals surface area contributed by atoms with Gasteiger partial charge in [0.05, 0.1) is 12.2 Å². The number of carbonyl (C=O) groups is 2. The summed E-state index contributed by atoms with van der Waals surface area (Å²) in [5.74, 6) is -1.21. The first-order valence-corrected chi connectivity index (χ1v) is 15.2. The number of hydrogen-bond donors (Lipinski definition) is 3. The predicted molar refractivity (Wildman–Crippen MR) is 172 cm³/mol. The Kier molecular flexibility index (Phi) is 11.9. The van der Waals surface area contributed by atoms with Gasteiger partial charge in [0, 0.05) is 31.8 Å². The van der Waals surface area contributed by atoms with Crippen molar-refractivity contribution in [1.82, 2.24) is 24.7 Å². The van der Waals surface area contributed by atoms with Gasteiger partial charge in [0.2, 0.25) is 0 Å². The molecule has 1 aliphatic rings. The summed E-state index contributed by atoms with van der Waals surface area (Å²) in [6.45, 7) is 7.57. The molecule has 46 heavy (non-hydrogen) atoms. The highest BCUT2D eigenvalue weighted by molar-refractivity contribution is 5.89. The van der Waals surface area contributed by atoms with Crippen molar-refractivity contribution in [3.05, 3.63) is 102 Å². The number of nitrogens with one attached hydrogen (secondary N) is 1.